The lowest BCUT2D eigenvalue weighted by atomic mass is 10.1. The van der Waals surface area contributed by atoms with E-state index < -0.39 is 17.8 Å². The smallest absolute Gasteiger partial charge is 0.371 e. The quantitative estimate of drug-likeness (QED) is 0.677. The zero-order valence-corrected chi connectivity index (χ0v) is 15.6. The molecule has 0 radical (unpaired) electrons. The Kier molecular flexibility index (Phi) is 5.46. The largest absolute Gasteiger partial charge is 0.433 e. The fourth-order valence-corrected chi connectivity index (χ4v) is 2.93. The molecular weight excluding hydrogens is 401 g/mol. The molecule has 1 fully saturated rings. The maximum absolute atomic E-state index is 12.8. The van der Waals surface area contributed by atoms with Crippen LogP contribution in [-0.4, -0.2) is 45.4 Å². The molecule has 8 nitrogen and oxygen atoms in total. The van der Waals surface area contributed by atoms with E-state index in [9.17, 15) is 18.0 Å². The van der Waals surface area contributed by atoms with Gasteiger partial charge in [-0.25, -0.2) is 14.6 Å². The summed E-state index contributed by atoms with van der Waals surface area (Å²) in [7, 11) is 0. The van der Waals surface area contributed by atoms with Gasteiger partial charge in [-0.3, -0.25) is 4.79 Å². The van der Waals surface area contributed by atoms with Crippen LogP contribution in [0.2, 0.25) is 0 Å². The summed E-state index contributed by atoms with van der Waals surface area (Å²) in [5.74, 6) is -0.745. The maximum Gasteiger partial charge on any atom is 0.433 e. The van der Waals surface area contributed by atoms with Crippen LogP contribution in [0, 0.1) is 0 Å². The lowest BCUT2D eigenvalue weighted by Gasteiger charge is -2.24. The molecular formula is C19H17F3N6O2. The number of aromatic nitrogens is 4. The molecule has 0 spiro atoms. The second kappa shape index (κ2) is 8.20. The summed E-state index contributed by atoms with van der Waals surface area (Å²) in [4.78, 5) is 19.7. The molecule has 1 aromatic carbocycles. The highest BCUT2D eigenvalue weighted by Gasteiger charge is 2.33. The standard InChI is InChI=1S/C19H17F3N6O2/c20-19(21,22)16-5-6-24-18(27-16)28-11-13(9-25-28)17(29)26-14-3-1-12(2-4-14)15-10-23-7-8-30-15/h1-6,9,11,15,23H,7-8,10H2,(H,26,29)/t15-/m1/s1. The Labute approximate surface area is 169 Å². The van der Waals surface area contributed by atoms with Crippen LogP contribution in [0.25, 0.3) is 5.95 Å². The van der Waals surface area contributed by atoms with Gasteiger partial charge in [-0.15, -0.1) is 0 Å². The molecule has 3 heterocycles. The predicted molar refractivity (Wildman–Crippen MR) is 100 cm³/mol. The summed E-state index contributed by atoms with van der Waals surface area (Å²) in [6.07, 6.45) is -1.15. The van der Waals surface area contributed by atoms with Crippen molar-refractivity contribution >= 4 is 11.6 Å². The van der Waals surface area contributed by atoms with Crippen LogP contribution >= 0.6 is 0 Å². The van der Waals surface area contributed by atoms with Crippen LogP contribution in [0.15, 0.2) is 48.9 Å². The summed E-state index contributed by atoms with van der Waals surface area (Å²) in [5, 5.41) is 9.86. The minimum absolute atomic E-state index is 0.0332. The number of carbonyl (C=O) groups is 1. The Hall–Kier alpha value is -3.31. The van der Waals surface area contributed by atoms with E-state index in [1.54, 1.807) is 12.1 Å². The number of halogens is 3. The first kappa shape index (κ1) is 20.0. The van der Waals surface area contributed by atoms with Gasteiger partial charge in [0.15, 0.2) is 0 Å². The molecule has 0 bridgehead atoms. The molecule has 2 N–H and O–H groups in total. The number of carbonyl (C=O) groups excluding carboxylic acids is 1. The SMILES string of the molecule is O=C(Nc1ccc([C@H]2CNCCO2)cc1)c1cnn(-c2nccc(C(F)(F)F)n2)c1. The average molecular weight is 418 g/mol. The number of alkyl halides is 3. The third-order valence-corrected chi connectivity index (χ3v) is 4.45. The van der Waals surface area contributed by atoms with Crippen molar-refractivity contribution in [1.29, 1.82) is 0 Å². The predicted octanol–water partition coefficient (Wildman–Crippen LogP) is 2.59. The van der Waals surface area contributed by atoms with Crippen molar-refractivity contribution < 1.29 is 22.7 Å². The second-order valence-corrected chi connectivity index (χ2v) is 6.55. The van der Waals surface area contributed by atoms with Crippen molar-refractivity contribution in [3.63, 3.8) is 0 Å². The van der Waals surface area contributed by atoms with Gasteiger partial charge in [0.1, 0.15) is 5.69 Å². The molecule has 4 rings (SSSR count). The molecule has 0 saturated carbocycles. The third-order valence-electron chi connectivity index (χ3n) is 4.45. The van der Waals surface area contributed by atoms with Crippen molar-refractivity contribution in [3.8, 4) is 5.95 Å². The van der Waals surface area contributed by atoms with Crippen LogP contribution in [0.5, 0.6) is 0 Å². The molecule has 1 aliphatic heterocycles. The Morgan fingerprint density at radius 2 is 2.03 bits per heavy atom. The number of anilines is 1. The van der Waals surface area contributed by atoms with Crippen molar-refractivity contribution in [1.82, 2.24) is 25.1 Å². The molecule has 1 saturated heterocycles. The molecule has 0 unspecified atom stereocenters. The zero-order chi connectivity index (χ0) is 21.1. The molecule has 156 valence electrons. The molecule has 3 aromatic rings. The van der Waals surface area contributed by atoms with Crippen molar-refractivity contribution in [2.45, 2.75) is 12.3 Å². The van der Waals surface area contributed by atoms with Crippen LogP contribution < -0.4 is 10.6 Å². The number of hydrogen-bond acceptors (Lipinski definition) is 6. The monoisotopic (exact) mass is 418 g/mol. The van der Waals surface area contributed by atoms with Gasteiger partial charge in [0, 0.05) is 31.2 Å². The van der Waals surface area contributed by atoms with Gasteiger partial charge in [0.05, 0.1) is 24.5 Å². The Morgan fingerprint density at radius 1 is 1.23 bits per heavy atom. The normalized spacial score (nSPS) is 17.0. The lowest BCUT2D eigenvalue weighted by molar-refractivity contribution is -0.141. The Morgan fingerprint density at radius 3 is 2.73 bits per heavy atom. The fourth-order valence-electron chi connectivity index (χ4n) is 2.93. The van der Waals surface area contributed by atoms with Gasteiger partial charge in [-0.1, -0.05) is 12.1 Å². The summed E-state index contributed by atoms with van der Waals surface area (Å²) in [6.45, 7) is 2.19. The number of hydrogen-bond donors (Lipinski definition) is 2. The van der Waals surface area contributed by atoms with Crippen molar-refractivity contribution in [2.75, 3.05) is 25.0 Å². The molecule has 11 heteroatoms. The minimum atomic E-state index is -4.60. The highest BCUT2D eigenvalue weighted by molar-refractivity contribution is 6.03. The van der Waals surface area contributed by atoms with Gasteiger partial charge < -0.3 is 15.4 Å². The van der Waals surface area contributed by atoms with Gasteiger partial charge in [-0.05, 0) is 23.8 Å². The number of benzene rings is 1. The zero-order valence-electron chi connectivity index (χ0n) is 15.6. The van der Waals surface area contributed by atoms with E-state index in [0.29, 0.717) is 12.3 Å². The van der Waals surface area contributed by atoms with E-state index in [1.807, 2.05) is 12.1 Å². The van der Waals surface area contributed by atoms with Crippen LogP contribution in [0.4, 0.5) is 18.9 Å². The number of ether oxygens (including phenoxy) is 1. The van der Waals surface area contributed by atoms with Gasteiger partial charge >= 0.3 is 6.18 Å². The van der Waals surface area contributed by atoms with E-state index in [1.165, 1.54) is 12.4 Å². The molecule has 1 amide bonds. The van der Waals surface area contributed by atoms with Crippen molar-refractivity contribution in [3.05, 3.63) is 65.7 Å². The third kappa shape index (κ3) is 4.47. The second-order valence-electron chi connectivity index (χ2n) is 6.55. The van der Waals surface area contributed by atoms with E-state index in [0.717, 1.165) is 35.6 Å². The summed E-state index contributed by atoms with van der Waals surface area (Å²) >= 11 is 0. The Balaban J connectivity index is 1.44. The van der Waals surface area contributed by atoms with Crippen LogP contribution in [0.3, 0.4) is 0 Å². The van der Waals surface area contributed by atoms with Crippen LogP contribution in [-0.2, 0) is 10.9 Å². The summed E-state index contributed by atoms with van der Waals surface area (Å²) in [6, 6.07) is 8.01. The number of amides is 1. The Bertz CT molecular complexity index is 1030. The maximum atomic E-state index is 12.8. The first-order valence-corrected chi connectivity index (χ1v) is 9.09. The number of morpholine rings is 1. The highest BCUT2D eigenvalue weighted by Crippen LogP contribution is 2.27. The average Bonchev–Trinajstić information content (AvgIpc) is 3.25. The molecule has 0 aliphatic carbocycles. The van der Waals surface area contributed by atoms with Gasteiger partial charge in [-0.2, -0.15) is 18.3 Å². The summed E-state index contributed by atoms with van der Waals surface area (Å²) in [5.41, 5.74) is 0.622. The fraction of sp³-hybridized carbons (Fsp3) is 0.263. The number of nitrogens with one attached hydrogen (secondary N) is 2. The van der Waals surface area contributed by atoms with Gasteiger partial charge in [0.2, 0.25) is 0 Å². The van der Waals surface area contributed by atoms with E-state index in [-0.39, 0.29) is 17.6 Å². The summed E-state index contributed by atoms with van der Waals surface area (Å²) < 4.78 is 45.1. The van der Waals surface area contributed by atoms with E-state index in [4.69, 9.17) is 4.74 Å². The molecule has 30 heavy (non-hydrogen) atoms. The van der Waals surface area contributed by atoms with Crippen LogP contribution in [0.1, 0.15) is 27.7 Å². The number of rotatable bonds is 4. The lowest BCUT2D eigenvalue weighted by Crippen LogP contribution is -2.33. The molecule has 1 atom stereocenters. The first-order valence-electron chi connectivity index (χ1n) is 9.09. The number of nitrogens with zero attached hydrogens (tertiary/aromatic N) is 4. The molecule has 1 aliphatic rings. The molecule has 2 aromatic heterocycles. The van der Waals surface area contributed by atoms with E-state index >= 15 is 0 Å². The van der Waals surface area contributed by atoms with Crippen molar-refractivity contribution in [2.24, 2.45) is 0 Å². The first-order chi connectivity index (χ1) is 14.4. The minimum Gasteiger partial charge on any atom is -0.371 e. The topological polar surface area (TPSA) is 94.0 Å². The van der Waals surface area contributed by atoms with E-state index in [2.05, 4.69) is 25.7 Å². The highest BCUT2D eigenvalue weighted by atomic mass is 19.4. The van der Waals surface area contributed by atoms with Gasteiger partial charge in [0.25, 0.3) is 11.9 Å².